The van der Waals surface area contributed by atoms with Crippen molar-refractivity contribution in [2.24, 2.45) is 44.6 Å². The molecule has 0 aromatic heterocycles. The van der Waals surface area contributed by atoms with E-state index in [0.717, 1.165) is 43.3 Å². The van der Waals surface area contributed by atoms with Crippen LogP contribution in [0.1, 0.15) is 86.5 Å². The predicted octanol–water partition coefficient (Wildman–Crippen LogP) is 5.65. The Kier molecular flexibility index (Phi) is 5.20. The number of hydrogen-bond acceptors (Lipinski definition) is 3. The highest BCUT2D eigenvalue weighted by Gasteiger charge is 2.66. The summed E-state index contributed by atoms with van der Waals surface area (Å²) in [5, 5.41) is 2.90. The smallest absolute Gasteiger partial charge is 0.312 e. The van der Waals surface area contributed by atoms with Crippen LogP contribution in [0, 0.1) is 38.9 Å². The van der Waals surface area contributed by atoms with Gasteiger partial charge >= 0.3 is 6.03 Å². The second kappa shape index (κ2) is 7.43. The van der Waals surface area contributed by atoms with E-state index in [1.54, 1.807) is 6.08 Å². The summed E-state index contributed by atoms with van der Waals surface area (Å²) >= 11 is 0. The third kappa shape index (κ3) is 3.22. The zero-order valence-corrected chi connectivity index (χ0v) is 22.3. The van der Waals surface area contributed by atoms with E-state index >= 15 is 0 Å². The molecule has 0 aliphatic heterocycles. The lowest BCUT2D eigenvalue weighted by molar-refractivity contribution is -0.160. The number of Topliss-reactive ketones (excluding diaryl/α,β-unsaturated/α-hetero) is 1. The van der Waals surface area contributed by atoms with E-state index in [0.29, 0.717) is 17.9 Å². The molecule has 5 aliphatic rings. The van der Waals surface area contributed by atoms with Gasteiger partial charge in [0.05, 0.1) is 0 Å². The second-order valence-electron chi connectivity index (χ2n) is 13.7. The third-order valence-corrected chi connectivity index (χ3v) is 11.8. The Bertz CT molecular complexity index is 1120. The van der Waals surface area contributed by atoms with Crippen molar-refractivity contribution in [3.8, 4) is 0 Å². The molecular weight excluding hydrogens is 436 g/mol. The molecular formula is C30H42N2O3. The van der Waals surface area contributed by atoms with Crippen LogP contribution < -0.4 is 11.1 Å². The first kappa shape index (κ1) is 24.5. The van der Waals surface area contributed by atoms with Crippen LogP contribution in [-0.2, 0) is 9.59 Å². The zero-order chi connectivity index (χ0) is 25.6. The van der Waals surface area contributed by atoms with E-state index in [1.165, 1.54) is 18.4 Å². The molecule has 0 bridgehead atoms. The molecule has 0 spiro atoms. The van der Waals surface area contributed by atoms with Gasteiger partial charge in [-0.1, -0.05) is 59.3 Å². The van der Waals surface area contributed by atoms with Crippen molar-refractivity contribution in [2.45, 2.75) is 86.5 Å². The van der Waals surface area contributed by atoms with Crippen LogP contribution in [0.2, 0.25) is 0 Å². The summed E-state index contributed by atoms with van der Waals surface area (Å²) in [5.41, 5.74) is 9.27. The van der Waals surface area contributed by atoms with Crippen LogP contribution in [-0.4, -0.2) is 24.1 Å². The standard InChI is InChI=1S/C30H42N2O3/c1-18-19-7-8-22-28(4,20(19)15-21(33)24(18)34)12-14-30(6)23-16-26(2,17-32-25(31)35)9-10-27(23,3)11-13-29(22,30)5/h7-8,15,18,23H,9-14,16-17H2,1-6H3,(H3,31,32,35)/t18?,23-,26-,27-,28+,29-,30+/m1/s1. The lowest BCUT2D eigenvalue weighted by atomic mass is 9.34. The molecule has 5 aliphatic carbocycles. The molecule has 3 fully saturated rings. The number of carbonyl (C=O) groups is 3. The average Bonchev–Trinajstić information content (AvgIpc) is 2.80. The van der Waals surface area contributed by atoms with Crippen molar-refractivity contribution in [1.82, 2.24) is 5.32 Å². The van der Waals surface area contributed by atoms with Gasteiger partial charge in [0.25, 0.3) is 0 Å². The first-order valence-corrected chi connectivity index (χ1v) is 13.5. The Morgan fingerprint density at radius 1 is 1.00 bits per heavy atom. The summed E-state index contributed by atoms with van der Waals surface area (Å²) in [7, 11) is 0. The third-order valence-electron chi connectivity index (χ3n) is 11.8. The second-order valence-corrected chi connectivity index (χ2v) is 13.7. The summed E-state index contributed by atoms with van der Waals surface area (Å²) in [5.74, 6) is -0.441. The topological polar surface area (TPSA) is 89.3 Å². The van der Waals surface area contributed by atoms with Gasteiger partial charge in [-0.2, -0.15) is 0 Å². The number of allylic oxidation sites excluding steroid dienone is 6. The Balaban J connectivity index is 1.57. The fraction of sp³-hybridized carbons (Fsp3) is 0.700. The van der Waals surface area contributed by atoms with Gasteiger partial charge in [0, 0.05) is 17.9 Å². The van der Waals surface area contributed by atoms with Crippen molar-refractivity contribution >= 4 is 17.6 Å². The highest BCUT2D eigenvalue weighted by molar-refractivity contribution is 6.44. The first-order valence-electron chi connectivity index (χ1n) is 13.5. The maximum Gasteiger partial charge on any atom is 0.312 e. The number of nitrogens with two attached hydrogens (primary N) is 1. The number of urea groups is 1. The van der Waals surface area contributed by atoms with Gasteiger partial charge in [-0.3, -0.25) is 9.59 Å². The van der Waals surface area contributed by atoms with Gasteiger partial charge in [-0.05, 0) is 89.7 Å². The molecule has 5 nitrogen and oxygen atoms in total. The van der Waals surface area contributed by atoms with Crippen molar-refractivity contribution in [3.05, 3.63) is 34.9 Å². The lowest BCUT2D eigenvalue weighted by Gasteiger charge is -2.70. The maximum atomic E-state index is 12.6. The largest absolute Gasteiger partial charge is 0.352 e. The number of nitrogens with one attached hydrogen (secondary N) is 1. The molecule has 0 radical (unpaired) electrons. The summed E-state index contributed by atoms with van der Waals surface area (Å²) in [6, 6.07) is -0.439. The molecule has 190 valence electrons. The molecule has 0 heterocycles. The number of ketones is 2. The van der Waals surface area contributed by atoms with Crippen LogP contribution in [0.5, 0.6) is 0 Å². The van der Waals surface area contributed by atoms with Gasteiger partial charge in [-0.15, -0.1) is 0 Å². The van der Waals surface area contributed by atoms with Gasteiger partial charge in [0.15, 0.2) is 0 Å². The zero-order valence-electron chi connectivity index (χ0n) is 22.3. The Hall–Kier alpha value is -2.17. The minimum Gasteiger partial charge on any atom is -0.352 e. The molecule has 0 saturated heterocycles. The van der Waals surface area contributed by atoms with Crippen molar-refractivity contribution in [2.75, 3.05) is 6.54 Å². The van der Waals surface area contributed by atoms with Gasteiger partial charge in [0.2, 0.25) is 11.6 Å². The Morgan fingerprint density at radius 3 is 2.37 bits per heavy atom. The fourth-order valence-electron chi connectivity index (χ4n) is 9.11. The molecule has 5 rings (SSSR count). The number of carbonyl (C=O) groups excluding carboxylic acids is 3. The molecule has 5 heteroatoms. The van der Waals surface area contributed by atoms with Crippen molar-refractivity contribution in [3.63, 3.8) is 0 Å². The van der Waals surface area contributed by atoms with E-state index in [4.69, 9.17) is 5.73 Å². The lowest BCUT2D eigenvalue weighted by Crippen LogP contribution is -2.62. The predicted molar refractivity (Wildman–Crippen MR) is 137 cm³/mol. The highest BCUT2D eigenvalue weighted by atomic mass is 16.2. The average molecular weight is 479 g/mol. The van der Waals surface area contributed by atoms with Crippen LogP contribution >= 0.6 is 0 Å². The van der Waals surface area contributed by atoms with E-state index in [-0.39, 0.29) is 39.1 Å². The monoisotopic (exact) mass is 478 g/mol. The van der Waals surface area contributed by atoms with Crippen LogP contribution in [0.4, 0.5) is 4.79 Å². The molecule has 0 aromatic carbocycles. The molecule has 3 N–H and O–H groups in total. The Morgan fingerprint density at radius 2 is 1.69 bits per heavy atom. The maximum absolute atomic E-state index is 12.6. The highest BCUT2D eigenvalue weighted by Crippen LogP contribution is 2.75. The van der Waals surface area contributed by atoms with E-state index < -0.39 is 6.03 Å². The molecule has 3 saturated carbocycles. The van der Waals surface area contributed by atoms with Crippen molar-refractivity contribution in [1.29, 1.82) is 0 Å². The number of primary amides is 1. The minimum absolute atomic E-state index is 0.0101. The first-order chi connectivity index (χ1) is 16.2. The minimum atomic E-state index is -0.439. The van der Waals surface area contributed by atoms with Gasteiger partial charge in [-0.25, -0.2) is 4.79 Å². The number of fused-ring (bicyclic) bond motifs is 7. The summed E-state index contributed by atoms with van der Waals surface area (Å²) < 4.78 is 0. The number of hydrogen-bond donors (Lipinski definition) is 2. The number of rotatable bonds is 2. The van der Waals surface area contributed by atoms with Gasteiger partial charge < -0.3 is 11.1 Å². The van der Waals surface area contributed by atoms with Crippen molar-refractivity contribution < 1.29 is 14.4 Å². The van der Waals surface area contributed by atoms with E-state index in [9.17, 15) is 14.4 Å². The number of amides is 2. The Labute approximate surface area is 210 Å². The normalized spacial score (nSPS) is 46.7. The fourth-order valence-corrected chi connectivity index (χ4v) is 9.11. The van der Waals surface area contributed by atoms with Crippen LogP contribution in [0.15, 0.2) is 34.9 Å². The molecule has 7 atom stereocenters. The molecule has 1 unspecified atom stereocenters. The quantitative estimate of drug-likeness (QED) is 0.502. The van der Waals surface area contributed by atoms with Crippen LogP contribution in [0.3, 0.4) is 0 Å². The van der Waals surface area contributed by atoms with E-state index in [2.05, 4.69) is 52.1 Å². The van der Waals surface area contributed by atoms with Gasteiger partial charge in [0.1, 0.15) is 0 Å². The van der Waals surface area contributed by atoms with E-state index in [1.807, 2.05) is 6.92 Å². The summed E-state index contributed by atoms with van der Waals surface area (Å²) in [6.07, 6.45) is 13.9. The SMILES string of the molecule is CC1C(=O)C(=O)C=C2C1=CC=C1[C@@]2(C)CC[C@@]2(C)[C@@H]3C[C@](C)(CNC(N)=O)CC[C@]3(C)CC[C@]12C. The molecule has 0 aromatic rings. The molecule has 2 amide bonds. The summed E-state index contributed by atoms with van der Waals surface area (Å²) in [4.78, 5) is 36.5. The van der Waals surface area contributed by atoms with Crippen LogP contribution in [0.25, 0.3) is 0 Å². The summed E-state index contributed by atoms with van der Waals surface area (Å²) in [6.45, 7) is 14.6. The molecule has 35 heavy (non-hydrogen) atoms.